The van der Waals surface area contributed by atoms with Gasteiger partial charge in [0.1, 0.15) is 11.6 Å². The molecule has 1 heterocycles. The fourth-order valence-corrected chi connectivity index (χ4v) is 1.09. The molecule has 0 radical (unpaired) electrons. The Morgan fingerprint density at radius 1 is 1.29 bits per heavy atom. The van der Waals surface area contributed by atoms with Gasteiger partial charge in [0.25, 0.3) is 0 Å². The monoisotopic (exact) mass is 193 g/mol. The molecule has 1 rings (SSSR count). The lowest BCUT2D eigenvalue weighted by Gasteiger charge is -2.33. The molecular weight excluding hydrogens is 174 g/mol. The molecule has 0 saturated carbocycles. The molecule has 0 unspecified atom stereocenters. The molecule has 1 aromatic rings. The highest BCUT2D eigenvalue weighted by molar-refractivity contribution is 5.47. The predicted molar refractivity (Wildman–Crippen MR) is 61.9 cm³/mol. The van der Waals surface area contributed by atoms with E-state index in [4.69, 9.17) is 0 Å². The second-order valence-electron chi connectivity index (χ2n) is 4.36. The first kappa shape index (κ1) is 10.8. The summed E-state index contributed by atoms with van der Waals surface area (Å²) in [4.78, 5) is 6.63. The highest BCUT2D eigenvalue weighted by atomic mass is 15.2. The molecule has 1 aromatic heterocycles. The van der Waals surface area contributed by atoms with Crippen molar-refractivity contribution in [3.05, 3.63) is 18.2 Å². The molecule has 0 saturated heterocycles. The molecule has 0 amide bonds. The van der Waals surface area contributed by atoms with Crippen molar-refractivity contribution in [2.75, 3.05) is 24.3 Å². The summed E-state index contributed by atoms with van der Waals surface area (Å²) < 4.78 is 0. The molecule has 0 fully saturated rings. The number of rotatable bonds is 2. The van der Waals surface area contributed by atoms with Gasteiger partial charge in [-0.3, -0.25) is 0 Å². The van der Waals surface area contributed by atoms with Crippen molar-refractivity contribution >= 4 is 11.6 Å². The van der Waals surface area contributed by atoms with Gasteiger partial charge in [0.2, 0.25) is 0 Å². The molecular formula is C11H19N3. The van der Waals surface area contributed by atoms with Gasteiger partial charge in [-0.25, -0.2) is 4.98 Å². The Hall–Kier alpha value is -1.25. The number of hydrogen-bond acceptors (Lipinski definition) is 3. The normalized spacial score (nSPS) is 11.2. The van der Waals surface area contributed by atoms with Gasteiger partial charge < -0.3 is 10.2 Å². The smallest absolute Gasteiger partial charge is 0.131 e. The Morgan fingerprint density at radius 2 is 1.93 bits per heavy atom. The van der Waals surface area contributed by atoms with Gasteiger partial charge in [0.05, 0.1) is 0 Å². The number of aromatic nitrogens is 1. The molecule has 3 nitrogen and oxygen atoms in total. The van der Waals surface area contributed by atoms with Crippen molar-refractivity contribution in [2.24, 2.45) is 0 Å². The number of hydrogen-bond donors (Lipinski definition) is 1. The van der Waals surface area contributed by atoms with Gasteiger partial charge in [-0.05, 0) is 32.9 Å². The first-order valence-electron chi connectivity index (χ1n) is 4.84. The molecule has 0 aliphatic heterocycles. The number of pyridine rings is 1. The van der Waals surface area contributed by atoms with Gasteiger partial charge in [0, 0.05) is 19.6 Å². The lowest BCUT2D eigenvalue weighted by atomic mass is 10.1. The maximum Gasteiger partial charge on any atom is 0.131 e. The van der Waals surface area contributed by atoms with E-state index in [0.717, 1.165) is 11.6 Å². The Morgan fingerprint density at radius 3 is 2.43 bits per heavy atom. The van der Waals surface area contributed by atoms with Crippen molar-refractivity contribution in [1.82, 2.24) is 4.98 Å². The highest BCUT2D eigenvalue weighted by Crippen LogP contribution is 2.20. The first-order valence-corrected chi connectivity index (χ1v) is 4.84. The third kappa shape index (κ3) is 2.37. The summed E-state index contributed by atoms with van der Waals surface area (Å²) in [6.07, 6.45) is 0. The van der Waals surface area contributed by atoms with Gasteiger partial charge >= 0.3 is 0 Å². The van der Waals surface area contributed by atoms with Gasteiger partial charge in [-0.2, -0.15) is 0 Å². The highest BCUT2D eigenvalue weighted by Gasteiger charge is 2.18. The van der Waals surface area contributed by atoms with Crippen molar-refractivity contribution in [1.29, 1.82) is 0 Å². The van der Waals surface area contributed by atoms with Crippen LogP contribution >= 0.6 is 0 Å². The quantitative estimate of drug-likeness (QED) is 0.781. The third-order valence-electron chi connectivity index (χ3n) is 2.34. The Kier molecular flexibility index (Phi) is 2.99. The van der Waals surface area contributed by atoms with Crippen LogP contribution in [0.25, 0.3) is 0 Å². The molecule has 0 spiro atoms. The molecule has 0 bridgehead atoms. The van der Waals surface area contributed by atoms with E-state index in [1.165, 1.54) is 0 Å². The van der Waals surface area contributed by atoms with Crippen LogP contribution < -0.4 is 10.2 Å². The van der Waals surface area contributed by atoms with Crippen molar-refractivity contribution in [3.63, 3.8) is 0 Å². The maximum absolute atomic E-state index is 4.47. The first-order chi connectivity index (χ1) is 6.45. The van der Waals surface area contributed by atoms with Crippen LogP contribution in [0.2, 0.25) is 0 Å². The largest absolute Gasteiger partial charge is 0.373 e. The van der Waals surface area contributed by atoms with Crippen LogP contribution in [-0.2, 0) is 0 Å². The minimum absolute atomic E-state index is 0.0966. The summed E-state index contributed by atoms with van der Waals surface area (Å²) in [5, 5.41) is 3.04. The van der Waals surface area contributed by atoms with E-state index in [1.54, 1.807) is 0 Å². The molecule has 14 heavy (non-hydrogen) atoms. The van der Waals surface area contributed by atoms with E-state index < -0.39 is 0 Å². The average Bonchev–Trinajstić information content (AvgIpc) is 2.15. The SMILES string of the molecule is CNc1cccc(N(C)C(C)(C)C)n1. The minimum atomic E-state index is 0.0966. The fraction of sp³-hybridized carbons (Fsp3) is 0.545. The van der Waals surface area contributed by atoms with Crippen molar-refractivity contribution in [3.8, 4) is 0 Å². The maximum atomic E-state index is 4.47. The molecule has 0 aliphatic rings. The zero-order valence-electron chi connectivity index (χ0n) is 9.63. The summed E-state index contributed by atoms with van der Waals surface area (Å²) in [5.41, 5.74) is 0.0966. The molecule has 3 heteroatoms. The van der Waals surface area contributed by atoms with Crippen LogP contribution in [0.1, 0.15) is 20.8 Å². The summed E-state index contributed by atoms with van der Waals surface area (Å²) in [6, 6.07) is 5.99. The van der Waals surface area contributed by atoms with E-state index in [9.17, 15) is 0 Å². The Balaban J connectivity index is 2.95. The van der Waals surface area contributed by atoms with Crippen LogP contribution in [0.15, 0.2) is 18.2 Å². The van der Waals surface area contributed by atoms with Crippen LogP contribution in [0.5, 0.6) is 0 Å². The molecule has 0 aromatic carbocycles. The van der Waals surface area contributed by atoms with E-state index in [1.807, 2.05) is 25.2 Å². The summed E-state index contributed by atoms with van der Waals surface area (Å²) >= 11 is 0. The van der Waals surface area contributed by atoms with E-state index in [-0.39, 0.29) is 5.54 Å². The molecule has 0 aliphatic carbocycles. The number of nitrogens with zero attached hydrogens (tertiary/aromatic N) is 2. The Labute approximate surface area is 86.2 Å². The Bertz CT molecular complexity index is 302. The second kappa shape index (κ2) is 3.86. The third-order valence-corrected chi connectivity index (χ3v) is 2.34. The van der Waals surface area contributed by atoms with Crippen LogP contribution in [0, 0.1) is 0 Å². The van der Waals surface area contributed by atoms with Gasteiger partial charge in [-0.15, -0.1) is 0 Å². The lowest BCUT2D eigenvalue weighted by Crippen LogP contribution is -2.38. The predicted octanol–water partition coefficient (Wildman–Crippen LogP) is 2.36. The fourth-order valence-electron chi connectivity index (χ4n) is 1.09. The number of anilines is 2. The molecule has 1 N–H and O–H groups in total. The lowest BCUT2D eigenvalue weighted by molar-refractivity contribution is 0.534. The van der Waals surface area contributed by atoms with Crippen molar-refractivity contribution < 1.29 is 0 Å². The van der Waals surface area contributed by atoms with Crippen molar-refractivity contribution in [2.45, 2.75) is 26.3 Å². The van der Waals surface area contributed by atoms with Crippen LogP contribution in [0.3, 0.4) is 0 Å². The summed E-state index contributed by atoms with van der Waals surface area (Å²) in [7, 11) is 3.94. The number of nitrogens with one attached hydrogen (secondary N) is 1. The van der Waals surface area contributed by atoms with Crippen LogP contribution in [0.4, 0.5) is 11.6 Å². The zero-order chi connectivity index (χ0) is 10.8. The second-order valence-corrected chi connectivity index (χ2v) is 4.36. The van der Waals surface area contributed by atoms with E-state index in [0.29, 0.717) is 0 Å². The van der Waals surface area contributed by atoms with E-state index >= 15 is 0 Å². The topological polar surface area (TPSA) is 28.2 Å². The molecule has 78 valence electrons. The summed E-state index contributed by atoms with van der Waals surface area (Å²) in [6.45, 7) is 6.50. The zero-order valence-corrected chi connectivity index (χ0v) is 9.63. The van der Waals surface area contributed by atoms with Gasteiger partial charge in [-0.1, -0.05) is 6.07 Å². The summed E-state index contributed by atoms with van der Waals surface area (Å²) in [5.74, 6) is 1.89. The average molecular weight is 193 g/mol. The standard InChI is InChI=1S/C11H19N3/c1-11(2,3)14(5)10-8-6-7-9(12-4)13-10/h6-8H,1-5H3,(H,12,13). The molecule has 0 atom stereocenters. The minimum Gasteiger partial charge on any atom is -0.373 e. The van der Waals surface area contributed by atoms with E-state index in [2.05, 4.69) is 43.0 Å². The van der Waals surface area contributed by atoms with Crippen LogP contribution in [-0.4, -0.2) is 24.6 Å². The van der Waals surface area contributed by atoms with Gasteiger partial charge in [0.15, 0.2) is 0 Å².